The molecule has 3 rings (SSSR count). The van der Waals surface area contributed by atoms with Crippen molar-refractivity contribution in [3.05, 3.63) is 0 Å². The number of piperidine rings is 2. The number of rotatable bonds is 3. The van der Waals surface area contributed by atoms with Crippen molar-refractivity contribution < 1.29 is 0 Å². The lowest BCUT2D eigenvalue weighted by atomic mass is 9.87. The minimum Gasteiger partial charge on any atom is -0.300 e. The molecule has 0 N–H and O–H groups in total. The summed E-state index contributed by atoms with van der Waals surface area (Å²) in [6, 6.07) is 1.81. The van der Waals surface area contributed by atoms with E-state index in [2.05, 4.69) is 16.7 Å². The highest BCUT2D eigenvalue weighted by atomic mass is 15.2. The van der Waals surface area contributed by atoms with E-state index in [0.717, 1.165) is 18.0 Å². The van der Waals surface area contributed by atoms with Gasteiger partial charge in [0.1, 0.15) is 0 Å². The van der Waals surface area contributed by atoms with Crippen LogP contribution in [0.2, 0.25) is 0 Å². The molecule has 0 spiro atoms. The van der Waals surface area contributed by atoms with Crippen molar-refractivity contribution in [2.75, 3.05) is 26.2 Å². The summed E-state index contributed by atoms with van der Waals surface area (Å²) in [5, 5.41) is 0. The highest BCUT2D eigenvalue weighted by Gasteiger charge is 2.31. The fourth-order valence-electron chi connectivity index (χ4n) is 4.09. The molecule has 104 valence electrons. The van der Waals surface area contributed by atoms with Gasteiger partial charge in [0.2, 0.25) is 0 Å². The maximum atomic E-state index is 2.81. The van der Waals surface area contributed by atoms with Crippen LogP contribution in [0.1, 0.15) is 58.3 Å². The van der Waals surface area contributed by atoms with Gasteiger partial charge in [-0.2, -0.15) is 0 Å². The molecule has 2 saturated heterocycles. The van der Waals surface area contributed by atoms with Crippen molar-refractivity contribution in [1.29, 1.82) is 0 Å². The van der Waals surface area contributed by atoms with Crippen molar-refractivity contribution >= 4 is 0 Å². The first-order valence-electron chi connectivity index (χ1n) is 8.31. The predicted molar refractivity (Wildman–Crippen MR) is 76.8 cm³/mol. The van der Waals surface area contributed by atoms with Crippen LogP contribution in [-0.2, 0) is 0 Å². The third-order valence-corrected chi connectivity index (χ3v) is 5.57. The summed E-state index contributed by atoms with van der Waals surface area (Å²) in [4.78, 5) is 5.59. The Balaban J connectivity index is 1.49. The number of hydrogen-bond acceptors (Lipinski definition) is 2. The first-order valence-corrected chi connectivity index (χ1v) is 8.31. The molecule has 0 bridgehead atoms. The molecular weight excluding hydrogens is 220 g/mol. The molecular formula is C16H30N2. The Bertz CT molecular complexity index is 262. The lowest BCUT2D eigenvalue weighted by Crippen LogP contribution is -2.49. The van der Waals surface area contributed by atoms with E-state index in [1.54, 1.807) is 0 Å². The summed E-state index contributed by atoms with van der Waals surface area (Å²) in [6.07, 6.45) is 11.7. The van der Waals surface area contributed by atoms with E-state index in [1.165, 1.54) is 77.5 Å². The van der Waals surface area contributed by atoms with Crippen LogP contribution >= 0.6 is 0 Å². The van der Waals surface area contributed by atoms with Crippen LogP contribution in [0.4, 0.5) is 0 Å². The quantitative estimate of drug-likeness (QED) is 0.759. The molecule has 0 radical (unpaired) electrons. The van der Waals surface area contributed by atoms with Gasteiger partial charge in [-0.05, 0) is 64.5 Å². The number of hydrogen-bond donors (Lipinski definition) is 0. The first-order chi connectivity index (χ1) is 8.83. The molecule has 0 aromatic heterocycles. The van der Waals surface area contributed by atoms with Crippen LogP contribution in [0.5, 0.6) is 0 Å². The molecule has 2 atom stereocenters. The van der Waals surface area contributed by atoms with Gasteiger partial charge in [-0.15, -0.1) is 0 Å². The SMILES string of the molecule is C[C@@H]1CCCCN1C[C@@H]1CCCN(C2CCC2)C1. The average molecular weight is 250 g/mol. The zero-order valence-electron chi connectivity index (χ0n) is 12.1. The van der Waals surface area contributed by atoms with Gasteiger partial charge in [0.05, 0.1) is 0 Å². The summed E-state index contributed by atoms with van der Waals surface area (Å²) in [5.74, 6) is 0.958. The Morgan fingerprint density at radius 2 is 1.78 bits per heavy atom. The number of nitrogens with zero attached hydrogens (tertiary/aromatic N) is 2. The van der Waals surface area contributed by atoms with Gasteiger partial charge in [-0.1, -0.05) is 12.8 Å². The zero-order chi connectivity index (χ0) is 12.4. The van der Waals surface area contributed by atoms with Crippen LogP contribution in [0, 0.1) is 5.92 Å². The molecule has 3 aliphatic rings. The largest absolute Gasteiger partial charge is 0.300 e. The summed E-state index contributed by atoms with van der Waals surface area (Å²) in [7, 11) is 0. The third-order valence-electron chi connectivity index (χ3n) is 5.57. The van der Waals surface area contributed by atoms with Gasteiger partial charge in [0, 0.05) is 25.2 Å². The normalized spacial score (nSPS) is 36.5. The van der Waals surface area contributed by atoms with Crippen LogP contribution in [0.25, 0.3) is 0 Å². The molecule has 2 aliphatic heterocycles. The first kappa shape index (κ1) is 12.9. The van der Waals surface area contributed by atoms with Crippen LogP contribution < -0.4 is 0 Å². The second kappa shape index (κ2) is 5.92. The van der Waals surface area contributed by atoms with E-state index in [0.29, 0.717) is 0 Å². The van der Waals surface area contributed by atoms with E-state index >= 15 is 0 Å². The molecule has 3 fully saturated rings. The smallest absolute Gasteiger partial charge is 0.00954 e. The lowest BCUT2D eigenvalue weighted by molar-refractivity contribution is 0.0500. The highest BCUT2D eigenvalue weighted by Crippen LogP contribution is 2.30. The van der Waals surface area contributed by atoms with Gasteiger partial charge in [0.25, 0.3) is 0 Å². The lowest BCUT2D eigenvalue weighted by Gasteiger charge is -2.44. The summed E-state index contributed by atoms with van der Waals surface area (Å²) < 4.78 is 0. The zero-order valence-corrected chi connectivity index (χ0v) is 12.1. The van der Waals surface area contributed by atoms with E-state index in [9.17, 15) is 0 Å². The molecule has 0 aromatic rings. The Labute approximate surface area is 113 Å². The topological polar surface area (TPSA) is 6.48 Å². The molecule has 1 saturated carbocycles. The fourth-order valence-corrected chi connectivity index (χ4v) is 4.09. The maximum absolute atomic E-state index is 2.81. The van der Waals surface area contributed by atoms with Crippen molar-refractivity contribution in [2.24, 2.45) is 5.92 Å². The second-order valence-corrected chi connectivity index (χ2v) is 6.93. The molecule has 2 heterocycles. The Morgan fingerprint density at radius 1 is 0.889 bits per heavy atom. The van der Waals surface area contributed by atoms with Crippen molar-refractivity contribution in [3.63, 3.8) is 0 Å². The standard InChI is InChI=1S/C16H30N2/c1-14-6-2-3-10-17(14)12-15-7-5-11-18(13-15)16-8-4-9-16/h14-16H,2-13H2,1H3/t14-,15+/m1/s1. The summed E-state index contributed by atoms with van der Waals surface area (Å²) in [5.41, 5.74) is 0. The van der Waals surface area contributed by atoms with E-state index < -0.39 is 0 Å². The van der Waals surface area contributed by atoms with Crippen molar-refractivity contribution in [1.82, 2.24) is 9.80 Å². The summed E-state index contributed by atoms with van der Waals surface area (Å²) >= 11 is 0. The van der Waals surface area contributed by atoms with Crippen LogP contribution in [0.15, 0.2) is 0 Å². The van der Waals surface area contributed by atoms with E-state index in [-0.39, 0.29) is 0 Å². The Kier molecular flexibility index (Phi) is 4.25. The second-order valence-electron chi connectivity index (χ2n) is 6.93. The van der Waals surface area contributed by atoms with Crippen LogP contribution in [-0.4, -0.2) is 48.1 Å². The molecule has 0 aromatic carbocycles. The molecule has 18 heavy (non-hydrogen) atoms. The van der Waals surface area contributed by atoms with Crippen molar-refractivity contribution in [2.45, 2.75) is 70.4 Å². The van der Waals surface area contributed by atoms with E-state index in [1.807, 2.05) is 0 Å². The molecule has 2 nitrogen and oxygen atoms in total. The van der Waals surface area contributed by atoms with Gasteiger partial charge < -0.3 is 9.80 Å². The molecule has 0 unspecified atom stereocenters. The molecule has 0 amide bonds. The molecule has 2 heteroatoms. The van der Waals surface area contributed by atoms with Crippen molar-refractivity contribution in [3.8, 4) is 0 Å². The Morgan fingerprint density at radius 3 is 2.50 bits per heavy atom. The highest BCUT2D eigenvalue weighted by molar-refractivity contribution is 4.86. The monoisotopic (exact) mass is 250 g/mol. The minimum absolute atomic E-state index is 0.845. The summed E-state index contributed by atoms with van der Waals surface area (Å²) in [6.45, 7) is 7.96. The van der Waals surface area contributed by atoms with Gasteiger partial charge in [-0.25, -0.2) is 0 Å². The fraction of sp³-hybridized carbons (Fsp3) is 1.00. The van der Waals surface area contributed by atoms with E-state index in [4.69, 9.17) is 0 Å². The van der Waals surface area contributed by atoms with Gasteiger partial charge >= 0.3 is 0 Å². The number of likely N-dealkylation sites (tertiary alicyclic amines) is 2. The third kappa shape index (κ3) is 2.91. The van der Waals surface area contributed by atoms with Gasteiger partial charge in [-0.3, -0.25) is 0 Å². The Hall–Kier alpha value is -0.0800. The minimum atomic E-state index is 0.845. The van der Waals surface area contributed by atoms with Crippen LogP contribution in [0.3, 0.4) is 0 Å². The maximum Gasteiger partial charge on any atom is 0.00954 e. The average Bonchev–Trinajstić information content (AvgIpc) is 2.31. The molecule has 1 aliphatic carbocycles. The van der Waals surface area contributed by atoms with Gasteiger partial charge in [0.15, 0.2) is 0 Å². The predicted octanol–water partition coefficient (Wildman–Crippen LogP) is 3.13.